The number of hydrogen-bond donors (Lipinski definition) is 1. The van der Waals surface area contributed by atoms with Crippen molar-refractivity contribution in [1.29, 1.82) is 0 Å². The molecule has 0 fully saturated rings. The molecule has 0 atom stereocenters. The average Bonchev–Trinajstić information content (AvgIpc) is 2.76. The van der Waals surface area contributed by atoms with Crippen LogP contribution in [0.4, 0.5) is 0 Å². The molecule has 0 unspecified atom stereocenters. The number of nitrogens with zero attached hydrogens (tertiary/aromatic N) is 1. The van der Waals surface area contributed by atoms with Gasteiger partial charge in [0.25, 0.3) is 0 Å². The van der Waals surface area contributed by atoms with E-state index in [1.54, 1.807) is 25.3 Å². The highest BCUT2D eigenvalue weighted by atomic mass is 16.5. The van der Waals surface area contributed by atoms with Crippen LogP contribution in [0.1, 0.15) is 29.4 Å². The van der Waals surface area contributed by atoms with Crippen molar-refractivity contribution in [3.05, 3.63) is 71.9 Å². The number of methoxy groups -OCH3 is 1. The molecule has 2 aromatic carbocycles. The van der Waals surface area contributed by atoms with Gasteiger partial charge >= 0.3 is 5.97 Å². The fourth-order valence-corrected chi connectivity index (χ4v) is 2.80. The minimum absolute atomic E-state index is 0.0425. The van der Waals surface area contributed by atoms with Crippen molar-refractivity contribution in [3.8, 4) is 28.5 Å². The zero-order valence-corrected chi connectivity index (χ0v) is 16.4. The van der Waals surface area contributed by atoms with Crippen LogP contribution >= 0.6 is 0 Å². The third kappa shape index (κ3) is 5.04. The van der Waals surface area contributed by atoms with Crippen molar-refractivity contribution in [1.82, 2.24) is 4.98 Å². The summed E-state index contributed by atoms with van der Waals surface area (Å²) in [6.07, 6.45) is 0.859. The van der Waals surface area contributed by atoms with Gasteiger partial charge in [0.05, 0.1) is 30.7 Å². The summed E-state index contributed by atoms with van der Waals surface area (Å²) in [5.74, 6) is 0.909. The quantitative estimate of drug-likeness (QED) is 0.561. The van der Waals surface area contributed by atoms with E-state index >= 15 is 0 Å². The largest absolute Gasteiger partial charge is 0.497 e. The summed E-state index contributed by atoms with van der Waals surface area (Å²) in [6.45, 7) is 2.62. The van der Waals surface area contributed by atoms with Gasteiger partial charge in [0, 0.05) is 11.6 Å². The van der Waals surface area contributed by atoms with Crippen LogP contribution in [-0.4, -0.2) is 29.8 Å². The second-order valence-electron chi connectivity index (χ2n) is 6.31. The van der Waals surface area contributed by atoms with Gasteiger partial charge in [0.1, 0.15) is 23.9 Å². The predicted molar refractivity (Wildman–Crippen MR) is 110 cm³/mol. The van der Waals surface area contributed by atoms with Gasteiger partial charge < -0.3 is 19.3 Å². The van der Waals surface area contributed by atoms with Crippen molar-refractivity contribution in [2.24, 2.45) is 0 Å². The predicted octanol–water partition coefficient (Wildman–Crippen LogP) is 4.82. The molecule has 0 spiro atoms. The summed E-state index contributed by atoms with van der Waals surface area (Å²) in [7, 11) is 1.59. The number of carboxylic acid groups (broad SMARTS) is 1. The van der Waals surface area contributed by atoms with E-state index in [1.165, 1.54) is 0 Å². The fraction of sp³-hybridized carbons (Fsp3) is 0.217. The number of carboxylic acids is 1. The Morgan fingerprint density at radius 3 is 2.48 bits per heavy atom. The van der Waals surface area contributed by atoms with Gasteiger partial charge in [0.2, 0.25) is 0 Å². The van der Waals surface area contributed by atoms with Crippen LogP contribution in [0.25, 0.3) is 11.3 Å². The Bertz CT molecular complexity index is 972. The molecule has 1 aromatic heterocycles. The van der Waals surface area contributed by atoms with Gasteiger partial charge in [-0.15, -0.1) is 0 Å². The van der Waals surface area contributed by atoms with Crippen LogP contribution in [0.2, 0.25) is 0 Å². The third-order valence-electron chi connectivity index (χ3n) is 4.25. The molecule has 0 radical (unpaired) electrons. The molecule has 1 heterocycles. The summed E-state index contributed by atoms with van der Waals surface area (Å²) in [5.41, 5.74) is 1.82. The van der Waals surface area contributed by atoms with Crippen LogP contribution < -0.4 is 14.2 Å². The van der Waals surface area contributed by atoms with E-state index in [0.717, 1.165) is 12.0 Å². The lowest BCUT2D eigenvalue weighted by molar-refractivity contribution is 0.0693. The first kappa shape index (κ1) is 20.2. The Morgan fingerprint density at radius 1 is 1.00 bits per heavy atom. The Hall–Kier alpha value is -3.54. The highest BCUT2D eigenvalue weighted by Gasteiger charge is 2.16. The van der Waals surface area contributed by atoms with Gasteiger partial charge in [-0.25, -0.2) is 9.78 Å². The number of pyridine rings is 1. The zero-order chi connectivity index (χ0) is 20.6. The fourth-order valence-electron chi connectivity index (χ4n) is 2.80. The molecule has 3 rings (SSSR count). The van der Waals surface area contributed by atoms with E-state index in [9.17, 15) is 9.90 Å². The smallest absolute Gasteiger partial charge is 0.337 e. The number of aromatic nitrogens is 1. The van der Waals surface area contributed by atoms with E-state index in [4.69, 9.17) is 14.2 Å². The van der Waals surface area contributed by atoms with Gasteiger partial charge in [0.15, 0.2) is 0 Å². The number of hydrogen-bond acceptors (Lipinski definition) is 5. The lowest BCUT2D eigenvalue weighted by Crippen LogP contribution is -2.09. The first-order chi connectivity index (χ1) is 14.1. The number of ether oxygens (including phenoxy) is 3. The molecule has 1 N–H and O–H groups in total. The Balaban J connectivity index is 1.96. The van der Waals surface area contributed by atoms with Crippen LogP contribution in [-0.2, 0) is 6.61 Å². The molecule has 0 bridgehead atoms. The lowest BCUT2D eigenvalue weighted by atomic mass is 10.1. The van der Waals surface area contributed by atoms with E-state index in [2.05, 4.69) is 4.98 Å². The van der Waals surface area contributed by atoms with Gasteiger partial charge in [-0.05, 0) is 42.8 Å². The second kappa shape index (κ2) is 9.59. The molecular formula is C23H23NO5. The van der Waals surface area contributed by atoms with Crippen molar-refractivity contribution in [3.63, 3.8) is 0 Å². The zero-order valence-electron chi connectivity index (χ0n) is 16.4. The molecule has 0 aliphatic heterocycles. The maximum atomic E-state index is 11.6. The van der Waals surface area contributed by atoms with Crippen molar-refractivity contribution < 1.29 is 24.1 Å². The van der Waals surface area contributed by atoms with E-state index in [0.29, 0.717) is 35.2 Å². The minimum Gasteiger partial charge on any atom is -0.497 e. The standard InChI is InChI=1S/C23H23NO5/c1-3-13-28-22-14-17(27-2)9-10-18(22)20-12-11-19(23(25)26)21(24-20)15-29-16-7-5-4-6-8-16/h4-12,14H,3,13,15H2,1-2H3,(H,25,26). The van der Waals surface area contributed by atoms with Crippen molar-refractivity contribution in [2.75, 3.05) is 13.7 Å². The summed E-state index contributed by atoms with van der Waals surface area (Å²) < 4.78 is 16.9. The average molecular weight is 393 g/mol. The molecule has 0 saturated heterocycles. The number of carbonyl (C=O) groups is 1. The highest BCUT2D eigenvalue weighted by molar-refractivity contribution is 5.89. The number of rotatable bonds is 9. The molecule has 6 heteroatoms. The summed E-state index contributed by atoms with van der Waals surface area (Å²) >= 11 is 0. The van der Waals surface area contributed by atoms with Crippen LogP contribution in [0.15, 0.2) is 60.7 Å². The van der Waals surface area contributed by atoms with Crippen LogP contribution in [0.5, 0.6) is 17.2 Å². The monoisotopic (exact) mass is 393 g/mol. The number of aromatic carboxylic acids is 1. The molecule has 0 saturated carbocycles. The van der Waals surface area contributed by atoms with E-state index in [-0.39, 0.29) is 12.2 Å². The first-order valence-corrected chi connectivity index (χ1v) is 9.34. The van der Waals surface area contributed by atoms with Gasteiger partial charge in [-0.1, -0.05) is 25.1 Å². The Morgan fingerprint density at radius 2 is 1.79 bits per heavy atom. The minimum atomic E-state index is -1.05. The number of para-hydroxylation sites is 1. The van der Waals surface area contributed by atoms with E-state index in [1.807, 2.05) is 49.4 Å². The first-order valence-electron chi connectivity index (χ1n) is 9.34. The maximum Gasteiger partial charge on any atom is 0.337 e. The second-order valence-corrected chi connectivity index (χ2v) is 6.31. The molecule has 29 heavy (non-hydrogen) atoms. The van der Waals surface area contributed by atoms with Crippen LogP contribution in [0.3, 0.4) is 0 Å². The summed E-state index contributed by atoms with van der Waals surface area (Å²) in [5, 5.41) is 9.53. The highest BCUT2D eigenvalue weighted by Crippen LogP contribution is 2.33. The third-order valence-corrected chi connectivity index (χ3v) is 4.25. The maximum absolute atomic E-state index is 11.6. The Kier molecular flexibility index (Phi) is 6.68. The molecule has 0 aliphatic rings. The Labute approximate surface area is 169 Å². The molecule has 3 aromatic rings. The topological polar surface area (TPSA) is 77.9 Å². The molecule has 0 aliphatic carbocycles. The van der Waals surface area contributed by atoms with E-state index < -0.39 is 5.97 Å². The van der Waals surface area contributed by atoms with Gasteiger partial charge in [-0.3, -0.25) is 0 Å². The molecule has 150 valence electrons. The normalized spacial score (nSPS) is 10.4. The molecule has 0 amide bonds. The van der Waals surface area contributed by atoms with Gasteiger partial charge in [-0.2, -0.15) is 0 Å². The van der Waals surface area contributed by atoms with Crippen molar-refractivity contribution in [2.45, 2.75) is 20.0 Å². The molecule has 6 nitrogen and oxygen atoms in total. The lowest BCUT2D eigenvalue weighted by Gasteiger charge is -2.14. The summed E-state index contributed by atoms with van der Waals surface area (Å²) in [6, 6.07) is 17.9. The summed E-state index contributed by atoms with van der Waals surface area (Å²) in [4.78, 5) is 16.2. The number of benzene rings is 2. The molecular weight excluding hydrogens is 370 g/mol. The van der Waals surface area contributed by atoms with Crippen LogP contribution in [0, 0.1) is 0 Å². The SMILES string of the molecule is CCCOc1cc(OC)ccc1-c1ccc(C(=O)O)c(COc2ccccc2)n1. The van der Waals surface area contributed by atoms with Crippen molar-refractivity contribution >= 4 is 5.97 Å².